The maximum absolute atomic E-state index is 13.3. The van der Waals surface area contributed by atoms with E-state index in [2.05, 4.69) is 0 Å². The molecule has 3 aromatic carbocycles. The molecule has 28 heavy (non-hydrogen) atoms. The molecule has 0 unspecified atom stereocenters. The summed E-state index contributed by atoms with van der Waals surface area (Å²) in [6.07, 6.45) is 0. The molecule has 0 bridgehead atoms. The fourth-order valence-corrected chi connectivity index (χ4v) is 3.74. The highest BCUT2D eigenvalue weighted by molar-refractivity contribution is 6.30. The van der Waals surface area contributed by atoms with E-state index in [9.17, 15) is 14.3 Å². The van der Waals surface area contributed by atoms with Crippen molar-refractivity contribution in [2.45, 2.75) is 12.6 Å². The molecule has 0 radical (unpaired) electrons. The van der Waals surface area contributed by atoms with Gasteiger partial charge in [0, 0.05) is 17.1 Å². The maximum atomic E-state index is 13.3. The number of benzene rings is 3. The molecule has 1 N–H and O–H groups in total. The Balaban J connectivity index is 1.81. The van der Waals surface area contributed by atoms with Crippen LogP contribution in [0.5, 0.6) is 0 Å². The van der Waals surface area contributed by atoms with E-state index in [1.807, 2.05) is 42.5 Å². The Kier molecular flexibility index (Phi) is 4.88. The van der Waals surface area contributed by atoms with E-state index in [1.165, 1.54) is 12.1 Å². The molecule has 0 saturated carbocycles. The van der Waals surface area contributed by atoms with Gasteiger partial charge in [-0.1, -0.05) is 66.2 Å². The first-order valence-electron chi connectivity index (χ1n) is 8.84. The first-order valence-corrected chi connectivity index (χ1v) is 9.22. The summed E-state index contributed by atoms with van der Waals surface area (Å²) >= 11 is 6.19. The van der Waals surface area contributed by atoms with Crippen LogP contribution in [-0.4, -0.2) is 15.9 Å². The minimum atomic E-state index is -0.501. The summed E-state index contributed by atoms with van der Waals surface area (Å²) in [5.74, 6) is -1.08. The zero-order chi connectivity index (χ0) is 19.7. The summed E-state index contributed by atoms with van der Waals surface area (Å²) < 4.78 is 13.3. The monoisotopic (exact) mass is 393 g/mol. The molecule has 0 aliphatic carbocycles. The summed E-state index contributed by atoms with van der Waals surface area (Å²) in [6.45, 7) is 0.233. The van der Waals surface area contributed by atoms with Crippen LogP contribution in [0.4, 0.5) is 4.39 Å². The normalized spacial score (nSPS) is 16.7. The summed E-state index contributed by atoms with van der Waals surface area (Å²) in [6, 6.07) is 22.0. The Hall–Kier alpha value is -3.11. The van der Waals surface area contributed by atoms with Gasteiger partial charge in [-0.25, -0.2) is 4.39 Å². The zero-order valence-corrected chi connectivity index (χ0v) is 15.6. The van der Waals surface area contributed by atoms with Gasteiger partial charge < -0.3 is 10.0 Å². The lowest BCUT2D eigenvalue weighted by Crippen LogP contribution is -2.29. The van der Waals surface area contributed by atoms with Crippen LogP contribution in [0, 0.1) is 5.82 Å². The van der Waals surface area contributed by atoms with Gasteiger partial charge >= 0.3 is 0 Å². The lowest BCUT2D eigenvalue weighted by molar-refractivity contribution is -0.130. The first-order chi connectivity index (χ1) is 13.5. The lowest BCUT2D eigenvalue weighted by atomic mass is 9.93. The van der Waals surface area contributed by atoms with Crippen LogP contribution in [0.1, 0.15) is 22.7 Å². The number of carbonyl (C=O) groups excluding carboxylic acids is 1. The van der Waals surface area contributed by atoms with E-state index < -0.39 is 11.9 Å². The van der Waals surface area contributed by atoms with Crippen LogP contribution >= 0.6 is 11.6 Å². The van der Waals surface area contributed by atoms with Crippen molar-refractivity contribution in [1.82, 2.24) is 4.90 Å². The van der Waals surface area contributed by atoms with Crippen molar-refractivity contribution in [3.63, 3.8) is 0 Å². The SMILES string of the molecule is O=C1C(O)=C(c2ccccc2)[C@H](c2cccc(Cl)c2)N1Cc1ccc(F)cc1. The van der Waals surface area contributed by atoms with Crippen LogP contribution in [-0.2, 0) is 11.3 Å². The van der Waals surface area contributed by atoms with Gasteiger partial charge in [-0.15, -0.1) is 0 Å². The molecule has 1 aliphatic rings. The van der Waals surface area contributed by atoms with Gasteiger partial charge in [0.1, 0.15) is 5.82 Å². The predicted octanol–water partition coefficient (Wildman–Crippen LogP) is 5.53. The zero-order valence-electron chi connectivity index (χ0n) is 14.8. The molecule has 1 amide bonds. The van der Waals surface area contributed by atoms with Crippen molar-refractivity contribution in [3.05, 3.63) is 112 Å². The first kappa shape index (κ1) is 18.3. The van der Waals surface area contributed by atoms with Gasteiger partial charge in [0.2, 0.25) is 0 Å². The molecule has 5 heteroatoms. The molecular formula is C23H17ClFNO2. The van der Waals surface area contributed by atoms with E-state index >= 15 is 0 Å². The molecule has 3 aromatic rings. The molecular weight excluding hydrogens is 377 g/mol. The number of aliphatic hydroxyl groups is 1. The average Bonchev–Trinajstić information content (AvgIpc) is 2.95. The maximum Gasteiger partial charge on any atom is 0.290 e. The third-order valence-corrected chi connectivity index (χ3v) is 5.05. The van der Waals surface area contributed by atoms with Crippen molar-refractivity contribution >= 4 is 23.1 Å². The van der Waals surface area contributed by atoms with Gasteiger partial charge in [-0.2, -0.15) is 0 Å². The number of nitrogens with zero attached hydrogens (tertiary/aromatic N) is 1. The Morgan fingerprint density at radius 1 is 0.964 bits per heavy atom. The number of halogens is 2. The second-order valence-electron chi connectivity index (χ2n) is 6.65. The van der Waals surface area contributed by atoms with Crippen molar-refractivity contribution in [2.24, 2.45) is 0 Å². The molecule has 0 saturated heterocycles. The minimum absolute atomic E-state index is 0.233. The predicted molar refractivity (Wildman–Crippen MR) is 107 cm³/mol. The third-order valence-electron chi connectivity index (χ3n) is 4.82. The van der Waals surface area contributed by atoms with Crippen LogP contribution < -0.4 is 0 Å². The van der Waals surface area contributed by atoms with Gasteiger partial charge in [-0.3, -0.25) is 4.79 Å². The highest BCUT2D eigenvalue weighted by atomic mass is 35.5. The highest BCUT2D eigenvalue weighted by Crippen LogP contribution is 2.44. The molecule has 0 spiro atoms. The van der Waals surface area contributed by atoms with E-state index in [1.54, 1.807) is 29.2 Å². The Morgan fingerprint density at radius 3 is 2.36 bits per heavy atom. The molecule has 4 rings (SSSR count). The Bertz CT molecular complexity index is 1050. The highest BCUT2D eigenvalue weighted by Gasteiger charge is 2.41. The van der Waals surface area contributed by atoms with Gasteiger partial charge in [0.25, 0.3) is 5.91 Å². The number of aliphatic hydroxyl groups excluding tert-OH is 1. The molecule has 1 heterocycles. The fraction of sp³-hybridized carbons (Fsp3) is 0.0870. The van der Waals surface area contributed by atoms with Crippen LogP contribution in [0.2, 0.25) is 5.02 Å². The minimum Gasteiger partial charge on any atom is -0.503 e. The van der Waals surface area contributed by atoms with Crippen LogP contribution in [0.25, 0.3) is 5.57 Å². The number of hydrogen-bond donors (Lipinski definition) is 1. The van der Waals surface area contributed by atoms with Gasteiger partial charge in [0.05, 0.1) is 6.04 Å². The van der Waals surface area contributed by atoms with Gasteiger partial charge in [-0.05, 0) is 41.0 Å². The van der Waals surface area contributed by atoms with Crippen molar-refractivity contribution in [2.75, 3.05) is 0 Å². The number of amides is 1. The fourth-order valence-electron chi connectivity index (χ4n) is 3.54. The second kappa shape index (κ2) is 7.49. The summed E-state index contributed by atoms with van der Waals surface area (Å²) in [5.41, 5.74) is 2.87. The van der Waals surface area contributed by atoms with E-state index in [-0.39, 0.29) is 18.1 Å². The molecule has 1 aliphatic heterocycles. The molecule has 0 fully saturated rings. The van der Waals surface area contributed by atoms with Crippen molar-refractivity contribution < 1.29 is 14.3 Å². The number of carbonyl (C=O) groups is 1. The second-order valence-corrected chi connectivity index (χ2v) is 7.08. The molecule has 1 atom stereocenters. The molecule has 140 valence electrons. The van der Waals surface area contributed by atoms with Crippen molar-refractivity contribution in [3.8, 4) is 0 Å². The molecule has 3 nitrogen and oxygen atoms in total. The topological polar surface area (TPSA) is 40.5 Å². The van der Waals surface area contributed by atoms with Gasteiger partial charge in [0.15, 0.2) is 5.76 Å². The summed E-state index contributed by atoms with van der Waals surface area (Å²) in [5, 5.41) is 11.2. The largest absolute Gasteiger partial charge is 0.503 e. The third kappa shape index (κ3) is 3.39. The standard InChI is InChI=1S/C23H17ClFNO2/c24-18-8-4-7-17(13-18)21-20(16-5-2-1-3-6-16)22(27)23(28)26(21)14-15-9-11-19(25)12-10-15/h1-13,21,27H,14H2/t21-/m0/s1. The van der Waals surface area contributed by atoms with Crippen molar-refractivity contribution in [1.29, 1.82) is 0 Å². The van der Waals surface area contributed by atoms with Crippen LogP contribution in [0.15, 0.2) is 84.6 Å². The van der Waals surface area contributed by atoms with E-state index in [0.29, 0.717) is 10.6 Å². The Labute approximate surface area is 167 Å². The molecule has 0 aromatic heterocycles. The summed E-state index contributed by atoms with van der Waals surface area (Å²) in [4.78, 5) is 14.5. The number of hydrogen-bond acceptors (Lipinski definition) is 2. The quantitative estimate of drug-likeness (QED) is 0.633. The average molecular weight is 394 g/mol. The van der Waals surface area contributed by atoms with E-state index in [4.69, 9.17) is 11.6 Å². The number of rotatable bonds is 4. The summed E-state index contributed by atoms with van der Waals surface area (Å²) in [7, 11) is 0. The van der Waals surface area contributed by atoms with Crippen LogP contribution in [0.3, 0.4) is 0 Å². The lowest BCUT2D eigenvalue weighted by Gasteiger charge is -2.27. The smallest absolute Gasteiger partial charge is 0.290 e. The van der Waals surface area contributed by atoms with E-state index in [0.717, 1.165) is 16.7 Å². The Morgan fingerprint density at radius 2 is 1.68 bits per heavy atom.